The lowest BCUT2D eigenvalue weighted by Crippen LogP contribution is -2.36. The average Bonchev–Trinajstić information content (AvgIpc) is 2.35. The molecule has 1 rings (SSSR count). The van der Waals surface area contributed by atoms with Gasteiger partial charge in [-0.3, -0.25) is 19.3 Å². The van der Waals surface area contributed by atoms with Crippen molar-refractivity contribution in [3.63, 3.8) is 0 Å². The van der Waals surface area contributed by atoms with Crippen LogP contribution < -0.4 is 11.2 Å². The van der Waals surface area contributed by atoms with E-state index in [0.29, 0.717) is 17.8 Å². The van der Waals surface area contributed by atoms with Crippen LogP contribution in [0.3, 0.4) is 0 Å². The van der Waals surface area contributed by atoms with Crippen molar-refractivity contribution in [3.8, 4) is 0 Å². The summed E-state index contributed by atoms with van der Waals surface area (Å²) in [5.74, 6) is 0. The molecule has 1 unspecified atom stereocenters. The van der Waals surface area contributed by atoms with Gasteiger partial charge in [0.15, 0.2) is 0 Å². The zero-order valence-corrected chi connectivity index (χ0v) is 13.1. The summed E-state index contributed by atoms with van der Waals surface area (Å²) in [4.78, 5) is 30.6. The van der Waals surface area contributed by atoms with Crippen molar-refractivity contribution in [2.24, 2.45) is 4.99 Å². The second-order valence-corrected chi connectivity index (χ2v) is 5.22. The van der Waals surface area contributed by atoms with Crippen molar-refractivity contribution >= 4 is 11.8 Å². The highest BCUT2D eigenvalue weighted by Gasteiger charge is 2.15. The van der Waals surface area contributed by atoms with Crippen molar-refractivity contribution in [2.45, 2.75) is 54.1 Å². The first kappa shape index (κ1) is 16.1. The van der Waals surface area contributed by atoms with Gasteiger partial charge in [0, 0.05) is 12.1 Å². The van der Waals surface area contributed by atoms with Gasteiger partial charge in [-0.2, -0.15) is 0 Å². The third-order valence-electron chi connectivity index (χ3n) is 3.39. The lowest BCUT2D eigenvalue weighted by atomic mass is 10.0. The fourth-order valence-corrected chi connectivity index (χ4v) is 2.13. The monoisotopic (exact) mass is 277 g/mol. The first-order valence-electron chi connectivity index (χ1n) is 6.75. The van der Waals surface area contributed by atoms with Crippen LogP contribution in [0.25, 0.3) is 5.57 Å². The van der Waals surface area contributed by atoms with Crippen molar-refractivity contribution in [2.75, 3.05) is 0 Å². The largest absolute Gasteiger partial charge is 0.328 e. The van der Waals surface area contributed by atoms with Crippen molar-refractivity contribution in [1.29, 1.82) is 0 Å². The maximum Gasteiger partial charge on any atom is 0.328 e. The van der Waals surface area contributed by atoms with E-state index in [2.05, 4.69) is 9.98 Å². The normalized spacial score (nSPS) is 12.7. The van der Waals surface area contributed by atoms with E-state index in [1.807, 2.05) is 34.6 Å². The number of aromatic nitrogens is 2. The molecule has 0 saturated heterocycles. The predicted molar refractivity (Wildman–Crippen MR) is 83.6 cm³/mol. The summed E-state index contributed by atoms with van der Waals surface area (Å²) in [6.07, 6.45) is 1.72. The Morgan fingerprint density at radius 3 is 2.45 bits per heavy atom. The Hall–Kier alpha value is -1.91. The second kappa shape index (κ2) is 6.50. The van der Waals surface area contributed by atoms with Gasteiger partial charge in [0.25, 0.3) is 5.56 Å². The Morgan fingerprint density at radius 1 is 1.35 bits per heavy atom. The highest BCUT2D eigenvalue weighted by molar-refractivity contribution is 5.65. The first-order chi connectivity index (χ1) is 9.29. The molecule has 110 valence electrons. The Kier molecular flexibility index (Phi) is 5.25. The number of aliphatic imine (C=N–C) groups is 1. The fourth-order valence-electron chi connectivity index (χ4n) is 2.13. The molecule has 5 heteroatoms. The molecular formula is C15H23N3O2. The van der Waals surface area contributed by atoms with Gasteiger partial charge >= 0.3 is 5.69 Å². The summed E-state index contributed by atoms with van der Waals surface area (Å²) in [6, 6.07) is -0.0216. The molecule has 20 heavy (non-hydrogen) atoms. The Labute approximate surface area is 119 Å². The van der Waals surface area contributed by atoms with E-state index in [4.69, 9.17) is 0 Å². The smallest absolute Gasteiger partial charge is 0.293 e. The second-order valence-electron chi connectivity index (χ2n) is 5.22. The number of hydrogen-bond acceptors (Lipinski definition) is 3. The standard InChI is InChI=1S/C15H23N3O2/c1-7-16-10(4)8-18-13(11(5)9(2)3)12(6)14(19)17-15(18)20/h7,10H,8H2,1-6H3,(H,17,19,20). The topological polar surface area (TPSA) is 67.2 Å². The summed E-state index contributed by atoms with van der Waals surface area (Å²) in [5.41, 5.74) is 2.60. The predicted octanol–water partition coefficient (Wildman–Crippen LogP) is 2.14. The molecule has 0 spiro atoms. The third-order valence-corrected chi connectivity index (χ3v) is 3.39. The molecule has 0 aliphatic heterocycles. The van der Waals surface area contributed by atoms with Crippen LogP contribution in [0.4, 0.5) is 0 Å². The Bertz CT molecular complexity index is 659. The minimum absolute atomic E-state index is 0.0216. The molecule has 0 bridgehead atoms. The quantitative estimate of drug-likeness (QED) is 0.857. The lowest BCUT2D eigenvalue weighted by molar-refractivity contribution is 0.556. The van der Waals surface area contributed by atoms with Crippen molar-refractivity contribution in [1.82, 2.24) is 9.55 Å². The summed E-state index contributed by atoms with van der Waals surface area (Å²) >= 11 is 0. The van der Waals surface area contributed by atoms with Crippen LogP contribution in [-0.4, -0.2) is 21.8 Å². The fraction of sp³-hybridized carbons (Fsp3) is 0.533. The minimum atomic E-state index is -0.380. The SMILES string of the molecule is CC=NC(C)Cn1c(C(C)=C(C)C)c(C)c(=O)[nH]c1=O. The molecule has 0 saturated carbocycles. The van der Waals surface area contributed by atoms with Crippen LogP contribution in [0.2, 0.25) is 0 Å². The molecule has 5 nitrogen and oxygen atoms in total. The van der Waals surface area contributed by atoms with Gasteiger partial charge < -0.3 is 0 Å². The van der Waals surface area contributed by atoms with Crippen molar-refractivity contribution in [3.05, 3.63) is 37.7 Å². The molecule has 0 aliphatic rings. The summed E-state index contributed by atoms with van der Waals surface area (Å²) < 4.78 is 1.61. The molecule has 0 fully saturated rings. The number of H-pyrrole nitrogens is 1. The number of allylic oxidation sites excluding steroid dienone is 2. The van der Waals surface area contributed by atoms with E-state index >= 15 is 0 Å². The van der Waals surface area contributed by atoms with Crippen LogP contribution >= 0.6 is 0 Å². The Balaban J connectivity index is 3.58. The summed E-state index contributed by atoms with van der Waals surface area (Å²) in [5, 5.41) is 0. The van der Waals surface area contributed by atoms with Gasteiger partial charge in [0.05, 0.1) is 11.7 Å². The number of nitrogens with zero attached hydrogens (tertiary/aromatic N) is 2. The van der Waals surface area contributed by atoms with Crippen molar-refractivity contribution < 1.29 is 0 Å². The molecule has 0 amide bonds. The molecule has 0 aliphatic carbocycles. The lowest BCUT2D eigenvalue weighted by Gasteiger charge is -2.18. The van der Waals surface area contributed by atoms with Crippen LogP contribution in [-0.2, 0) is 6.54 Å². The molecule has 1 aromatic heterocycles. The van der Waals surface area contributed by atoms with Crippen LogP contribution in [0.5, 0.6) is 0 Å². The first-order valence-corrected chi connectivity index (χ1v) is 6.75. The van der Waals surface area contributed by atoms with Crippen LogP contribution in [0, 0.1) is 6.92 Å². The molecule has 1 heterocycles. The maximum atomic E-state index is 12.1. The average molecular weight is 277 g/mol. The molecular weight excluding hydrogens is 254 g/mol. The molecule has 1 N–H and O–H groups in total. The van der Waals surface area contributed by atoms with Crippen LogP contribution in [0.1, 0.15) is 45.9 Å². The molecule has 1 aromatic rings. The van der Waals surface area contributed by atoms with Gasteiger partial charge in [-0.1, -0.05) is 5.57 Å². The maximum absolute atomic E-state index is 12.1. The van der Waals surface area contributed by atoms with E-state index in [1.165, 1.54) is 0 Å². The molecule has 0 radical (unpaired) electrons. The summed E-state index contributed by atoms with van der Waals surface area (Å²) in [6.45, 7) is 11.8. The molecule has 1 atom stereocenters. The number of aromatic amines is 1. The van der Waals surface area contributed by atoms with Gasteiger partial charge in [0.1, 0.15) is 0 Å². The zero-order chi connectivity index (χ0) is 15.4. The van der Waals surface area contributed by atoms with E-state index in [0.717, 1.165) is 11.1 Å². The van der Waals surface area contributed by atoms with Gasteiger partial charge in [0.2, 0.25) is 0 Å². The van der Waals surface area contributed by atoms with Crippen LogP contribution in [0.15, 0.2) is 20.2 Å². The van der Waals surface area contributed by atoms with E-state index < -0.39 is 0 Å². The van der Waals surface area contributed by atoms with Gasteiger partial charge in [-0.15, -0.1) is 0 Å². The van der Waals surface area contributed by atoms with E-state index in [1.54, 1.807) is 17.7 Å². The van der Waals surface area contributed by atoms with Gasteiger partial charge in [-0.05, 0) is 53.3 Å². The highest BCUT2D eigenvalue weighted by Crippen LogP contribution is 2.18. The van der Waals surface area contributed by atoms with E-state index in [9.17, 15) is 9.59 Å². The van der Waals surface area contributed by atoms with Gasteiger partial charge in [-0.25, -0.2) is 4.79 Å². The highest BCUT2D eigenvalue weighted by atomic mass is 16.2. The number of rotatable bonds is 4. The third kappa shape index (κ3) is 3.35. The molecule has 0 aromatic carbocycles. The number of hydrogen-bond donors (Lipinski definition) is 1. The zero-order valence-electron chi connectivity index (χ0n) is 13.1. The summed E-state index contributed by atoms with van der Waals surface area (Å²) in [7, 11) is 0. The minimum Gasteiger partial charge on any atom is -0.293 e. The Morgan fingerprint density at radius 2 is 1.95 bits per heavy atom. The number of nitrogens with one attached hydrogen (secondary N) is 1. The van der Waals surface area contributed by atoms with E-state index in [-0.39, 0.29) is 17.3 Å².